The predicted octanol–water partition coefficient (Wildman–Crippen LogP) is 13.3. The van der Waals surface area contributed by atoms with E-state index in [1.54, 1.807) is 0 Å². The van der Waals surface area contributed by atoms with Gasteiger partial charge in [-0.25, -0.2) is 15.0 Å². The average molecular weight is 688 g/mol. The summed E-state index contributed by atoms with van der Waals surface area (Å²) in [4.78, 5) is 15.4. The quantitative estimate of drug-likeness (QED) is 0.163. The largest absolute Gasteiger partial charge is 0.246 e. The Bertz CT molecular complexity index is 2880. The molecule has 8 aromatic carbocycles. The molecule has 0 amide bonds. The number of benzene rings is 8. The van der Waals surface area contributed by atoms with Crippen LogP contribution < -0.4 is 0 Å². The maximum atomic E-state index is 5.42. The smallest absolute Gasteiger partial charge is 0.160 e. The Kier molecular flexibility index (Phi) is 7.81. The van der Waals surface area contributed by atoms with Crippen molar-refractivity contribution in [2.45, 2.75) is 0 Å². The highest BCUT2D eigenvalue weighted by Gasteiger charge is 2.16. The van der Waals surface area contributed by atoms with Gasteiger partial charge in [0.1, 0.15) is 0 Å². The van der Waals surface area contributed by atoms with E-state index in [0.29, 0.717) is 5.82 Å². The van der Waals surface area contributed by atoms with Gasteiger partial charge in [-0.3, -0.25) is 0 Å². The van der Waals surface area contributed by atoms with Gasteiger partial charge in [0.05, 0.1) is 22.6 Å². The van der Waals surface area contributed by atoms with Crippen molar-refractivity contribution in [3.05, 3.63) is 200 Å². The zero-order valence-electron chi connectivity index (χ0n) is 29.4. The van der Waals surface area contributed by atoms with E-state index in [9.17, 15) is 0 Å². The summed E-state index contributed by atoms with van der Waals surface area (Å²) < 4.78 is 0. The summed E-state index contributed by atoms with van der Waals surface area (Å²) in [7, 11) is 0. The summed E-state index contributed by atoms with van der Waals surface area (Å²) in [5.74, 6) is 0.714. The molecule has 252 valence electrons. The highest BCUT2D eigenvalue weighted by molar-refractivity contribution is 6.23. The van der Waals surface area contributed by atoms with Gasteiger partial charge in [0.2, 0.25) is 0 Å². The molecule has 2 aromatic heterocycles. The van der Waals surface area contributed by atoms with Crippen molar-refractivity contribution in [2.75, 3.05) is 0 Å². The average Bonchev–Trinajstić information content (AvgIpc) is 3.26. The second-order valence-corrected chi connectivity index (χ2v) is 13.6. The van der Waals surface area contributed by atoms with Crippen LogP contribution in [-0.4, -0.2) is 15.0 Å². The van der Waals surface area contributed by atoms with Gasteiger partial charge in [-0.05, 0) is 33.5 Å². The standard InChI is InChI=1S/C51H33N3/c1-4-14-38(15-5-1)46-33-47(53-51(52-46)41-18-8-3-9-19-41)39-29-25-35(26-30-39)34-23-27-37(28-24-34)43-21-12-22-44-48-42-20-11-10-13-36(42)31-32-45(48)49(54-50(43)44)40-16-6-2-7-17-40/h1-33H. The number of hydrogen-bond donors (Lipinski definition) is 0. The van der Waals surface area contributed by atoms with Gasteiger partial charge in [-0.2, -0.15) is 0 Å². The van der Waals surface area contributed by atoms with Crippen LogP contribution in [-0.2, 0) is 0 Å². The highest BCUT2D eigenvalue weighted by Crippen LogP contribution is 2.40. The van der Waals surface area contributed by atoms with Crippen molar-refractivity contribution < 1.29 is 0 Å². The Hall–Kier alpha value is -7.23. The molecule has 0 aliphatic carbocycles. The molecule has 3 nitrogen and oxygen atoms in total. The Morgan fingerprint density at radius 1 is 0.296 bits per heavy atom. The van der Waals surface area contributed by atoms with Crippen molar-refractivity contribution in [1.82, 2.24) is 15.0 Å². The van der Waals surface area contributed by atoms with Crippen LogP contribution in [0.1, 0.15) is 0 Å². The fraction of sp³-hybridized carbons (Fsp3) is 0. The second-order valence-electron chi connectivity index (χ2n) is 13.6. The fourth-order valence-electron chi connectivity index (χ4n) is 7.59. The molecule has 0 spiro atoms. The van der Waals surface area contributed by atoms with E-state index in [4.69, 9.17) is 15.0 Å². The molecule has 0 radical (unpaired) electrons. The molecule has 3 heteroatoms. The number of fused-ring (bicyclic) bond motifs is 5. The summed E-state index contributed by atoms with van der Waals surface area (Å²) in [6, 6.07) is 70.3. The Balaban J connectivity index is 1.03. The number of para-hydroxylation sites is 1. The zero-order valence-corrected chi connectivity index (χ0v) is 29.4. The van der Waals surface area contributed by atoms with E-state index in [2.05, 4.69) is 164 Å². The first-order chi connectivity index (χ1) is 26.8. The Morgan fingerprint density at radius 2 is 0.815 bits per heavy atom. The van der Waals surface area contributed by atoms with Crippen LogP contribution in [0.3, 0.4) is 0 Å². The van der Waals surface area contributed by atoms with Gasteiger partial charge >= 0.3 is 0 Å². The van der Waals surface area contributed by atoms with Crippen LogP contribution in [0.2, 0.25) is 0 Å². The van der Waals surface area contributed by atoms with Crippen LogP contribution >= 0.6 is 0 Å². The first-order valence-electron chi connectivity index (χ1n) is 18.3. The maximum Gasteiger partial charge on any atom is 0.160 e. The van der Waals surface area contributed by atoms with E-state index in [1.807, 2.05) is 36.4 Å². The minimum atomic E-state index is 0.714. The monoisotopic (exact) mass is 687 g/mol. The first-order valence-corrected chi connectivity index (χ1v) is 18.3. The summed E-state index contributed by atoms with van der Waals surface area (Å²) in [5, 5.41) is 6.04. The van der Waals surface area contributed by atoms with Crippen LogP contribution in [0.15, 0.2) is 200 Å². The maximum absolute atomic E-state index is 5.42. The topological polar surface area (TPSA) is 38.7 Å². The third-order valence-electron chi connectivity index (χ3n) is 10.3. The van der Waals surface area contributed by atoms with Crippen molar-refractivity contribution in [3.8, 4) is 67.4 Å². The van der Waals surface area contributed by atoms with Crippen molar-refractivity contribution >= 4 is 32.4 Å². The van der Waals surface area contributed by atoms with Crippen LogP contribution in [0.25, 0.3) is 99.9 Å². The van der Waals surface area contributed by atoms with Crippen molar-refractivity contribution in [2.24, 2.45) is 0 Å². The lowest BCUT2D eigenvalue weighted by Crippen LogP contribution is -1.95. The molecule has 0 unspecified atom stereocenters. The van der Waals surface area contributed by atoms with Gasteiger partial charge in [0.25, 0.3) is 0 Å². The van der Waals surface area contributed by atoms with E-state index >= 15 is 0 Å². The van der Waals surface area contributed by atoms with E-state index in [1.165, 1.54) is 16.2 Å². The molecule has 54 heavy (non-hydrogen) atoms. The SMILES string of the molecule is c1ccc(-c2cc(-c3ccc(-c4ccc(-c5cccc6c5nc(-c5ccccc5)c5ccc7ccccc7c56)cc4)cc3)nc(-c3ccccc3)n2)cc1. The van der Waals surface area contributed by atoms with Gasteiger partial charge in [-0.1, -0.05) is 194 Å². The highest BCUT2D eigenvalue weighted by atomic mass is 14.9. The van der Waals surface area contributed by atoms with Crippen LogP contribution in [0.5, 0.6) is 0 Å². The van der Waals surface area contributed by atoms with E-state index in [-0.39, 0.29) is 0 Å². The second kappa shape index (κ2) is 13.4. The third kappa shape index (κ3) is 5.69. The van der Waals surface area contributed by atoms with Gasteiger partial charge in [0.15, 0.2) is 5.82 Å². The molecular formula is C51H33N3. The Morgan fingerprint density at radius 3 is 1.48 bits per heavy atom. The van der Waals surface area contributed by atoms with Crippen molar-refractivity contribution in [1.29, 1.82) is 0 Å². The molecule has 0 aliphatic rings. The molecule has 0 atom stereocenters. The molecule has 0 bridgehead atoms. The van der Waals surface area contributed by atoms with Crippen LogP contribution in [0.4, 0.5) is 0 Å². The first kappa shape index (κ1) is 31.5. The lowest BCUT2D eigenvalue weighted by Gasteiger charge is -2.15. The van der Waals surface area contributed by atoms with E-state index < -0.39 is 0 Å². The normalized spacial score (nSPS) is 11.3. The molecule has 0 N–H and O–H groups in total. The van der Waals surface area contributed by atoms with Gasteiger partial charge in [-0.15, -0.1) is 0 Å². The molecule has 0 aliphatic heterocycles. The van der Waals surface area contributed by atoms with Crippen LogP contribution in [0, 0.1) is 0 Å². The molecule has 0 fully saturated rings. The summed E-state index contributed by atoms with van der Waals surface area (Å²) >= 11 is 0. The lowest BCUT2D eigenvalue weighted by atomic mass is 9.92. The molecule has 10 rings (SSSR count). The summed E-state index contributed by atoms with van der Waals surface area (Å²) in [6.07, 6.45) is 0. The van der Waals surface area contributed by atoms with Crippen molar-refractivity contribution in [3.63, 3.8) is 0 Å². The molecular weight excluding hydrogens is 655 g/mol. The number of rotatable bonds is 6. The number of pyridine rings is 1. The molecule has 10 aromatic rings. The number of nitrogens with zero attached hydrogens (tertiary/aromatic N) is 3. The molecule has 2 heterocycles. The fourth-order valence-corrected chi connectivity index (χ4v) is 7.59. The number of aromatic nitrogens is 3. The van der Waals surface area contributed by atoms with Gasteiger partial charge < -0.3 is 0 Å². The Labute approximate surface area is 313 Å². The minimum absolute atomic E-state index is 0.714. The number of hydrogen-bond acceptors (Lipinski definition) is 3. The predicted molar refractivity (Wildman–Crippen MR) is 225 cm³/mol. The summed E-state index contributed by atoms with van der Waals surface area (Å²) in [5.41, 5.74) is 12.6. The molecule has 0 saturated heterocycles. The lowest BCUT2D eigenvalue weighted by molar-refractivity contribution is 1.18. The minimum Gasteiger partial charge on any atom is -0.246 e. The zero-order chi connectivity index (χ0) is 35.8. The third-order valence-corrected chi connectivity index (χ3v) is 10.3. The van der Waals surface area contributed by atoms with Gasteiger partial charge in [0, 0.05) is 44.0 Å². The summed E-state index contributed by atoms with van der Waals surface area (Å²) in [6.45, 7) is 0. The van der Waals surface area contributed by atoms with E-state index in [0.717, 1.165) is 77.9 Å². The molecule has 0 saturated carbocycles.